The summed E-state index contributed by atoms with van der Waals surface area (Å²) in [6.45, 7) is 7.92. The van der Waals surface area contributed by atoms with Crippen molar-refractivity contribution in [2.24, 2.45) is 0 Å². The fraction of sp³-hybridized carbons (Fsp3) is 0.455. The maximum Gasteiger partial charge on any atom is 0.369 e. The van der Waals surface area contributed by atoms with Gasteiger partial charge < -0.3 is 19.3 Å². The Kier molecular flexibility index (Phi) is 8.72. The van der Waals surface area contributed by atoms with Crippen molar-refractivity contribution in [3.8, 4) is 11.5 Å². The fourth-order valence-electron chi connectivity index (χ4n) is 3.22. The lowest BCUT2D eigenvalue weighted by Crippen LogP contribution is -2.10. The van der Waals surface area contributed by atoms with Crippen molar-refractivity contribution in [3.05, 3.63) is 58.7 Å². The number of hydrogen-bond acceptors (Lipinski definition) is 5. The Labute approximate surface area is 173 Å². The number of rotatable bonds is 11. The minimum Gasteiger partial charge on any atom is -0.468 e. The van der Waals surface area contributed by atoms with Crippen LogP contribution in [0.2, 0.25) is 0 Å². The van der Waals surface area contributed by atoms with Gasteiger partial charge >= 0.3 is 7.60 Å². The monoisotopic (exact) mass is 422 g/mol. The van der Waals surface area contributed by atoms with E-state index in [1.54, 1.807) is 7.11 Å². The first-order chi connectivity index (χ1) is 13.8. The Morgan fingerprint density at radius 3 is 2.10 bits per heavy atom. The second kappa shape index (κ2) is 10.8. The SMILES string of the molecule is CCC(CC)P(=O)(O)OOc1cc(C)c(Cc2ccc(OCOC)cc2)c(C)c1. The lowest BCUT2D eigenvalue weighted by Gasteiger charge is -2.19. The second-order valence-corrected chi connectivity index (χ2v) is 9.11. The molecule has 2 rings (SSSR count). The van der Waals surface area contributed by atoms with E-state index in [4.69, 9.17) is 19.0 Å². The molecule has 1 unspecified atom stereocenters. The molecule has 2 aromatic carbocycles. The van der Waals surface area contributed by atoms with Gasteiger partial charge in [-0.25, -0.2) is 0 Å². The van der Waals surface area contributed by atoms with E-state index in [1.807, 2.05) is 64.1 Å². The van der Waals surface area contributed by atoms with Gasteiger partial charge in [-0.2, -0.15) is 0 Å². The molecule has 0 aromatic heterocycles. The van der Waals surface area contributed by atoms with Gasteiger partial charge in [0.2, 0.25) is 0 Å². The molecule has 0 bridgehead atoms. The van der Waals surface area contributed by atoms with Crippen molar-refractivity contribution in [1.82, 2.24) is 0 Å². The predicted molar refractivity (Wildman–Crippen MR) is 114 cm³/mol. The van der Waals surface area contributed by atoms with Crippen LogP contribution in [-0.2, 0) is 20.4 Å². The molecule has 1 N–H and O–H groups in total. The van der Waals surface area contributed by atoms with E-state index >= 15 is 0 Å². The Morgan fingerprint density at radius 1 is 1.00 bits per heavy atom. The molecule has 0 saturated heterocycles. The van der Waals surface area contributed by atoms with Crippen molar-refractivity contribution in [2.75, 3.05) is 13.9 Å². The zero-order chi connectivity index (χ0) is 21.4. The van der Waals surface area contributed by atoms with Gasteiger partial charge in [0.15, 0.2) is 12.5 Å². The number of hydrogen-bond donors (Lipinski definition) is 1. The number of aryl methyl sites for hydroxylation is 2. The quantitative estimate of drug-likeness (QED) is 0.221. The van der Waals surface area contributed by atoms with Crippen LogP contribution in [0.5, 0.6) is 11.5 Å². The van der Waals surface area contributed by atoms with Crippen molar-refractivity contribution >= 4 is 7.60 Å². The third-order valence-electron chi connectivity index (χ3n) is 4.96. The molecule has 0 amide bonds. The summed E-state index contributed by atoms with van der Waals surface area (Å²) in [4.78, 5) is 15.3. The van der Waals surface area contributed by atoms with Crippen LogP contribution in [-0.4, -0.2) is 24.5 Å². The van der Waals surface area contributed by atoms with Gasteiger partial charge in [-0.05, 0) is 79.6 Å². The molecule has 0 aliphatic rings. The zero-order valence-electron chi connectivity index (χ0n) is 17.8. The lowest BCUT2D eigenvalue weighted by molar-refractivity contribution is -0.111. The van der Waals surface area contributed by atoms with Crippen LogP contribution in [0.4, 0.5) is 0 Å². The van der Waals surface area contributed by atoms with Crippen LogP contribution >= 0.6 is 7.60 Å². The highest BCUT2D eigenvalue weighted by molar-refractivity contribution is 7.53. The van der Waals surface area contributed by atoms with E-state index in [0.29, 0.717) is 18.6 Å². The highest BCUT2D eigenvalue weighted by Gasteiger charge is 2.31. The lowest BCUT2D eigenvalue weighted by atomic mass is 9.96. The van der Waals surface area contributed by atoms with Crippen molar-refractivity contribution in [2.45, 2.75) is 52.6 Å². The molecule has 0 radical (unpaired) electrons. The molecule has 7 heteroatoms. The van der Waals surface area contributed by atoms with Gasteiger partial charge in [-0.3, -0.25) is 4.57 Å². The summed E-state index contributed by atoms with van der Waals surface area (Å²) < 4.78 is 27.6. The van der Waals surface area contributed by atoms with Crippen LogP contribution < -0.4 is 9.62 Å². The molecule has 29 heavy (non-hydrogen) atoms. The summed E-state index contributed by atoms with van der Waals surface area (Å²) >= 11 is 0. The van der Waals surface area contributed by atoms with E-state index in [1.165, 1.54) is 5.56 Å². The summed E-state index contributed by atoms with van der Waals surface area (Å²) in [6.07, 6.45) is 1.87. The fourth-order valence-corrected chi connectivity index (χ4v) is 4.46. The molecular weight excluding hydrogens is 391 g/mol. The minimum atomic E-state index is -3.82. The first kappa shape index (κ1) is 23.4. The first-order valence-corrected chi connectivity index (χ1v) is 11.4. The third kappa shape index (κ3) is 6.58. The van der Waals surface area contributed by atoms with Crippen LogP contribution in [0.3, 0.4) is 0 Å². The standard InChI is InChI=1S/C22H31O6P/c1-6-21(7-2)29(23,24)28-27-20-12-16(3)22(17(4)13-20)14-18-8-10-19(11-9-18)26-15-25-5/h8-13,21H,6-7,14-15H2,1-5H3,(H,23,24). The topological polar surface area (TPSA) is 74.2 Å². The van der Waals surface area contributed by atoms with Gasteiger partial charge in [-0.1, -0.05) is 30.7 Å². The molecular formula is C22H31O6P. The maximum absolute atomic E-state index is 12.3. The summed E-state index contributed by atoms with van der Waals surface area (Å²) in [5.41, 5.74) is 3.95. The molecule has 2 aromatic rings. The molecule has 0 aliphatic heterocycles. The van der Waals surface area contributed by atoms with Crippen molar-refractivity contribution in [1.29, 1.82) is 0 Å². The number of methoxy groups -OCH3 is 1. The van der Waals surface area contributed by atoms with Gasteiger partial charge in [-0.15, -0.1) is 0 Å². The van der Waals surface area contributed by atoms with E-state index in [9.17, 15) is 9.46 Å². The number of benzene rings is 2. The Morgan fingerprint density at radius 2 is 1.59 bits per heavy atom. The molecule has 0 saturated carbocycles. The van der Waals surface area contributed by atoms with Gasteiger partial charge in [0.25, 0.3) is 0 Å². The molecule has 0 fully saturated rings. The van der Waals surface area contributed by atoms with Crippen molar-refractivity contribution in [3.63, 3.8) is 0 Å². The molecule has 0 spiro atoms. The normalized spacial score (nSPS) is 13.3. The first-order valence-electron chi connectivity index (χ1n) is 9.80. The number of ether oxygens (including phenoxy) is 2. The molecule has 6 nitrogen and oxygen atoms in total. The van der Waals surface area contributed by atoms with Crippen LogP contribution in [0, 0.1) is 13.8 Å². The maximum atomic E-state index is 12.3. The molecule has 0 heterocycles. The van der Waals surface area contributed by atoms with Crippen molar-refractivity contribution < 1.29 is 28.5 Å². The van der Waals surface area contributed by atoms with E-state index in [0.717, 1.165) is 28.9 Å². The van der Waals surface area contributed by atoms with E-state index < -0.39 is 13.3 Å². The highest BCUT2D eigenvalue weighted by atomic mass is 31.2. The second-order valence-electron chi connectivity index (χ2n) is 7.10. The summed E-state index contributed by atoms with van der Waals surface area (Å²) in [7, 11) is -2.23. The molecule has 160 valence electrons. The van der Waals surface area contributed by atoms with E-state index in [-0.39, 0.29) is 6.79 Å². The van der Waals surface area contributed by atoms with Crippen LogP contribution in [0.15, 0.2) is 36.4 Å². The summed E-state index contributed by atoms with van der Waals surface area (Å²) in [6, 6.07) is 11.5. The van der Waals surface area contributed by atoms with Gasteiger partial charge in [0, 0.05) is 7.11 Å². The van der Waals surface area contributed by atoms with Crippen LogP contribution in [0.1, 0.15) is 48.9 Å². The summed E-state index contributed by atoms with van der Waals surface area (Å²) in [5, 5.41) is 0. The third-order valence-corrected chi connectivity index (χ3v) is 6.90. The largest absolute Gasteiger partial charge is 0.468 e. The highest BCUT2D eigenvalue weighted by Crippen LogP contribution is 2.50. The summed E-state index contributed by atoms with van der Waals surface area (Å²) in [5.74, 6) is 1.18. The minimum absolute atomic E-state index is 0.221. The van der Waals surface area contributed by atoms with E-state index in [2.05, 4.69) is 0 Å². The van der Waals surface area contributed by atoms with Gasteiger partial charge in [0.1, 0.15) is 5.75 Å². The zero-order valence-corrected chi connectivity index (χ0v) is 18.7. The average molecular weight is 422 g/mol. The Hall–Kier alpha value is -1.85. The molecule has 0 aliphatic carbocycles. The van der Waals surface area contributed by atoms with Gasteiger partial charge in [0.05, 0.1) is 5.66 Å². The predicted octanol–water partition coefficient (Wildman–Crippen LogP) is 5.56. The smallest absolute Gasteiger partial charge is 0.369 e. The van der Waals surface area contributed by atoms with Crippen LogP contribution in [0.25, 0.3) is 0 Å². The Balaban J connectivity index is 2.08. The average Bonchev–Trinajstić information content (AvgIpc) is 2.69. The Bertz CT molecular complexity index is 807. The molecule has 1 atom stereocenters.